The Labute approximate surface area is 156 Å². The van der Waals surface area contributed by atoms with Crippen LogP contribution in [0.5, 0.6) is 0 Å². The number of hydrogen-bond acceptors (Lipinski definition) is 2. The Morgan fingerprint density at radius 3 is 2.23 bits per heavy atom. The Bertz CT molecular complexity index is 929. The molecule has 3 rings (SSSR count). The van der Waals surface area contributed by atoms with Gasteiger partial charge >= 0.3 is 0 Å². The zero-order valence-electron chi connectivity index (χ0n) is 16.8. The molecule has 1 aromatic rings. The van der Waals surface area contributed by atoms with Gasteiger partial charge in [-0.3, -0.25) is 0 Å². The van der Waals surface area contributed by atoms with Crippen LogP contribution >= 0.6 is 0 Å². The van der Waals surface area contributed by atoms with Crippen molar-refractivity contribution >= 4 is 16.7 Å². The van der Waals surface area contributed by atoms with Crippen molar-refractivity contribution in [3.63, 3.8) is 0 Å². The van der Waals surface area contributed by atoms with Gasteiger partial charge in [0.05, 0.1) is 6.07 Å². The maximum Gasteiger partial charge on any atom is 0.203 e. The van der Waals surface area contributed by atoms with E-state index >= 15 is 0 Å². The van der Waals surface area contributed by atoms with E-state index < -0.39 is 0 Å². The van der Waals surface area contributed by atoms with Crippen LogP contribution in [0.25, 0.3) is 22.3 Å². The van der Waals surface area contributed by atoms with Gasteiger partial charge in [0.2, 0.25) is 5.36 Å². The highest BCUT2D eigenvalue weighted by molar-refractivity contribution is 5.90. The van der Waals surface area contributed by atoms with Gasteiger partial charge in [0.1, 0.15) is 24.4 Å². The highest BCUT2D eigenvalue weighted by Gasteiger charge is 2.16. The fourth-order valence-corrected chi connectivity index (χ4v) is 3.90. The highest BCUT2D eigenvalue weighted by atomic mass is 16.3. The van der Waals surface area contributed by atoms with Crippen LogP contribution in [0.3, 0.4) is 0 Å². The first-order chi connectivity index (χ1) is 12.7. The maximum absolute atomic E-state index is 6.39. The van der Waals surface area contributed by atoms with Gasteiger partial charge in [0.15, 0.2) is 0 Å². The average molecular weight is 352 g/mol. The van der Waals surface area contributed by atoms with Gasteiger partial charge in [-0.05, 0) is 57.9 Å². The van der Waals surface area contributed by atoms with Crippen molar-refractivity contribution in [1.29, 1.82) is 0 Å². The molecule has 0 radical (unpaired) electrons. The second kappa shape index (κ2) is 7.94. The lowest BCUT2D eigenvalue weighted by atomic mass is 9.97. The van der Waals surface area contributed by atoms with Crippen LogP contribution in [-0.4, -0.2) is 26.2 Å². The molecule has 26 heavy (non-hydrogen) atoms. The zero-order chi connectivity index (χ0) is 18.7. The largest absolute Gasteiger partial charge is 0.456 e. The molecule has 0 unspecified atom stereocenters. The van der Waals surface area contributed by atoms with E-state index in [4.69, 9.17) is 4.42 Å². The number of hydrogen-bond donors (Lipinski definition) is 0. The molecule has 0 aromatic heterocycles. The van der Waals surface area contributed by atoms with Crippen molar-refractivity contribution in [2.24, 2.45) is 0 Å². The first-order valence-electron chi connectivity index (χ1n) is 9.99. The molecule has 1 aliphatic heterocycles. The van der Waals surface area contributed by atoms with Gasteiger partial charge in [-0.15, -0.1) is 0 Å². The maximum atomic E-state index is 6.39. The SMILES string of the molecule is CCc1c2ccc(=[N+](CC)CC)cc-2oc2cc(N(CC)CC)ccc12. The first kappa shape index (κ1) is 18.5. The van der Waals surface area contributed by atoms with Crippen molar-refractivity contribution < 1.29 is 4.42 Å². The third-order valence-corrected chi connectivity index (χ3v) is 5.41. The molecule has 0 saturated heterocycles. The van der Waals surface area contributed by atoms with Crippen LogP contribution in [-0.2, 0) is 6.42 Å². The molecule has 0 fully saturated rings. The first-order valence-corrected chi connectivity index (χ1v) is 9.99. The third kappa shape index (κ3) is 3.23. The minimum atomic E-state index is 0.982. The Hall–Kier alpha value is -2.29. The predicted octanol–water partition coefficient (Wildman–Crippen LogP) is 4.76. The second-order valence-electron chi connectivity index (χ2n) is 6.64. The second-order valence-corrected chi connectivity index (χ2v) is 6.64. The van der Waals surface area contributed by atoms with E-state index in [0.29, 0.717) is 0 Å². The van der Waals surface area contributed by atoms with Crippen molar-refractivity contribution in [3.8, 4) is 11.3 Å². The summed E-state index contributed by atoms with van der Waals surface area (Å²) in [7, 11) is 0. The molecular formula is C23H31N2O+. The lowest BCUT2D eigenvalue weighted by Crippen LogP contribution is -2.29. The van der Waals surface area contributed by atoms with E-state index in [1.54, 1.807) is 0 Å². The summed E-state index contributed by atoms with van der Waals surface area (Å²) in [4.78, 5) is 2.36. The summed E-state index contributed by atoms with van der Waals surface area (Å²) in [5.41, 5.74) is 4.81. The van der Waals surface area contributed by atoms with Gasteiger partial charge < -0.3 is 9.32 Å². The molecule has 1 aromatic carbocycles. The quantitative estimate of drug-likeness (QED) is 0.471. The van der Waals surface area contributed by atoms with Gasteiger partial charge in [-0.1, -0.05) is 6.92 Å². The molecule has 3 heteroatoms. The molecule has 0 bridgehead atoms. The van der Waals surface area contributed by atoms with Crippen molar-refractivity contribution in [2.45, 2.75) is 41.0 Å². The van der Waals surface area contributed by atoms with Crippen molar-refractivity contribution in [3.05, 3.63) is 47.3 Å². The summed E-state index contributed by atoms with van der Waals surface area (Å²) in [6.07, 6.45) is 0.999. The Morgan fingerprint density at radius 1 is 0.885 bits per heavy atom. The van der Waals surface area contributed by atoms with Crippen LogP contribution in [0, 0.1) is 0 Å². The smallest absolute Gasteiger partial charge is 0.203 e. The molecule has 0 spiro atoms. The number of fused-ring (bicyclic) bond motifs is 2. The Balaban J connectivity index is 2.30. The van der Waals surface area contributed by atoms with Gasteiger partial charge in [-0.25, -0.2) is 4.58 Å². The van der Waals surface area contributed by atoms with E-state index in [1.807, 2.05) is 0 Å². The molecule has 0 atom stereocenters. The van der Waals surface area contributed by atoms with Crippen molar-refractivity contribution in [2.75, 3.05) is 31.1 Å². The van der Waals surface area contributed by atoms with Crippen LogP contribution in [0.15, 0.2) is 40.8 Å². The summed E-state index contributed by atoms with van der Waals surface area (Å²) in [5.74, 6) is 0.982. The molecule has 138 valence electrons. The predicted molar refractivity (Wildman–Crippen MR) is 112 cm³/mol. The molecule has 1 aliphatic carbocycles. The number of benzene rings is 2. The zero-order valence-corrected chi connectivity index (χ0v) is 16.8. The van der Waals surface area contributed by atoms with Gasteiger partial charge in [-0.2, -0.15) is 0 Å². The minimum Gasteiger partial charge on any atom is -0.456 e. The van der Waals surface area contributed by atoms with E-state index in [-0.39, 0.29) is 0 Å². The Kier molecular flexibility index (Phi) is 5.65. The van der Waals surface area contributed by atoms with Crippen LogP contribution in [0.4, 0.5) is 5.69 Å². The van der Waals surface area contributed by atoms with E-state index in [9.17, 15) is 0 Å². The molecule has 1 heterocycles. The number of rotatable bonds is 6. The molecular weight excluding hydrogens is 320 g/mol. The van der Waals surface area contributed by atoms with E-state index in [2.05, 4.69) is 80.5 Å². The summed E-state index contributed by atoms with van der Waals surface area (Å²) < 4.78 is 8.75. The number of nitrogens with zero attached hydrogens (tertiary/aromatic N) is 2. The fourth-order valence-electron chi connectivity index (χ4n) is 3.90. The molecule has 0 saturated carbocycles. The summed E-state index contributed by atoms with van der Waals surface area (Å²) in [5, 5.41) is 2.46. The summed E-state index contributed by atoms with van der Waals surface area (Å²) in [6, 6.07) is 13.3. The number of aryl methyl sites for hydroxylation is 1. The monoisotopic (exact) mass is 351 g/mol. The average Bonchev–Trinajstić information content (AvgIpc) is 2.67. The summed E-state index contributed by atoms with van der Waals surface area (Å²) in [6.45, 7) is 15.0. The Morgan fingerprint density at radius 2 is 1.62 bits per heavy atom. The normalized spacial score (nSPS) is 11.3. The topological polar surface area (TPSA) is 19.4 Å². The standard InChI is InChI=1S/C23H31N2O/c1-6-19-20-13-11-17(24(7-2)8-3)15-22(20)26-23-16-18(12-14-21(19)23)25(9-4)10-5/h11-16H,6-10H2,1-5H3/q+1. The van der Waals surface area contributed by atoms with Crippen molar-refractivity contribution in [1.82, 2.24) is 4.58 Å². The third-order valence-electron chi connectivity index (χ3n) is 5.41. The molecule has 0 amide bonds. The van der Waals surface area contributed by atoms with E-state index in [1.165, 1.54) is 27.6 Å². The van der Waals surface area contributed by atoms with Gasteiger partial charge in [0.25, 0.3) is 0 Å². The molecule has 2 aliphatic rings. The summed E-state index contributed by atoms with van der Waals surface area (Å²) >= 11 is 0. The van der Waals surface area contributed by atoms with Crippen LogP contribution in [0.1, 0.15) is 40.2 Å². The minimum absolute atomic E-state index is 0.982. The molecule has 3 nitrogen and oxygen atoms in total. The van der Waals surface area contributed by atoms with Crippen LogP contribution < -0.4 is 14.8 Å². The van der Waals surface area contributed by atoms with Gasteiger partial charge in [0, 0.05) is 41.9 Å². The fraction of sp³-hybridized carbons (Fsp3) is 0.435. The lowest BCUT2D eigenvalue weighted by molar-refractivity contribution is 0.603. The van der Waals surface area contributed by atoms with Crippen LogP contribution in [0.2, 0.25) is 0 Å². The highest BCUT2D eigenvalue weighted by Crippen LogP contribution is 2.34. The lowest BCUT2D eigenvalue weighted by Gasteiger charge is -2.22. The number of anilines is 1. The molecule has 0 N–H and O–H groups in total. The van der Waals surface area contributed by atoms with E-state index in [0.717, 1.165) is 43.9 Å².